The Morgan fingerprint density at radius 2 is 1.94 bits per heavy atom. The zero-order valence-electron chi connectivity index (χ0n) is 10.8. The van der Waals surface area contributed by atoms with E-state index in [9.17, 15) is 9.59 Å². The summed E-state index contributed by atoms with van der Waals surface area (Å²) in [7, 11) is 0. The third kappa shape index (κ3) is 7.21. The van der Waals surface area contributed by atoms with Gasteiger partial charge in [0.2, 0.25) is 0 Å². The topological polar surface area (TPSA) is 125 Å². The van der Waals surface area contributed by atoms with Gasteiger partial charge in [0.15, 0.2) is 6.10 Å². The average molecular weight is 262 g/mol. The summed E-state index contributed by atoms with van der Waals surface area (Å²) in [6.07, 6.45) is -0.425. The minimum absolute atomic E-state index is 0.229. The highest BCUT2D eigenvalue weighted by molar-refractivity contribution is 5.75. The molecule has 0 aliphatic carbocycles. The highest BCUT2D eigenvalue weighted by Gasteiger charge is 2.21. The lowest BCUT2D eigenvalue weighted by molar-refractivity contribution is -0.162. The maximum atomic E-state index is 11.5. The second-order valence-corrected chi connectivity index (χ2v) is 4.36. The second-order valence-electron chi connectivity index (χ2n) is 4.36. The van der Waals surface area contributed by atoms with Gasteiger partial charge in [-0.2, -0.15) is 0 Å². The van der Waals surface area contributed by atoms with E-state index in [2.05, 4.69) is 4.74 Å². The smallest absolute Gasteiger partial charge is 0.323 e. The van der Waals surface area contributed by atoms with Crippen LogP contribution in [0, 0.1) is 5.92 Å². The first-order valence-corrected chi connectivity index (χ1v) is 5.83. The van der Waals surface area contributed by atoms with Crippen LogP contribution in [-0.2, 0) is 19.1 Å². The van der Waals surface area contributed by atoms with Crippen LogP contribution in [0.2, 0.25) is 0 Å². The number of esters is 2. The number of aliphatic hydroxyl groups excluding tert-OH is 1. The van der Waals surface area contributed by atoms with Crippen LogP contribution in [0.4, 0.5) is 0 Å². The Kier molecular flexibility index (Phi) is 8.27. The quantitative estimate of drug-likeness (QED) is 0.467. The first-order valence-electron chi connectivity index (χ1n) is 5.83. The minimum Gasteiger partial charge on any atom is -0.461 e. The van der Waals surface area contributed by atoms with Crippen LogP contribution in [0.25, 0.3) is 0 Å². The standard InChI is InChI=1S/C11H22N2O5/c1-7(2)3-9(13)11(16)18-8(5-14)6-17-10(15)4-12/h7-9,14H,3-6,12-13H2,1-2H3/t8?,9-/m0/s1. The number of carbonyl (C=O) groups excluding carboxylic acids is 2. The normalized spacial score (nSPS) is 14.1. The highest BCUT2D eigenvalue weighted by Crippen LogP contribution is 2.05. The summed E-state index contributed by atoms with van der Waals surface area (Å²) in [5.41, 5.74) is 10.7. The van der Waals surface area contributed by atoms with Crippen LogP contribution in [0.1, 0.15) is 20.3 Å². The number of ether oxygens (including phenoxy) is 2. The Hall–Kier alpha value is -1.18. The van der Waals surface area contributed by atoms with Crippen molar-refractivity contribution in [2.24, 2.45) is 17.4 Å². The number of rotatable bonds is 8. The van der Waals surface area contributed by atoms with Gasteiger partial charge < -0.3 is 26.0 Å². The fourth-order valence-corrected chi connectivity index (χ4v) is 1.22. The lowest BCUT2D eigenvalue weighted by atomic mass is 10.1. The van der Waals surface area contributed by atoms with Gasteiger partial charge in [0.05, 0.1) is 13.2 Å². The summed E-state index contributed by atoms with van der Waals surface area (Å²) < 4.78 is 9.59. The SMILES string of the molecule is CC(C)C[C@H](N)C(=O)OC(CO)COC(=O)CN. The fourth-order valence-electron chi connectivity index (χ4n) is 1.22. The molecule has 0 aliphatic rings. The molecule has 0 aromatic heterocycles. The zero-order valence-corrected chi connectivity index (χ0v) is 10.8. The summed E-state index contributed by atoms with van der Waals surface area (Å²) in [6, 6.07) is -0.746. The van der Waals surface area contributed by atoms with Crippen molar-refractivity contribution < 1.29 is 24.2 Å². The molecule has 2 atom stereocenters. The number of carbonyl (C=O) groups is 2. The molecule has 0 aromatic rings. The molecule has 0 bridgehead atoms. The third-order valence-corrected chi connectivity index (χ3v) is 2.11. The third-order valence-electron chi connectivity index (χ3n) is 2.11. The first kappa shape index (κ1) is 16.8. The van der Waals surface area contributed by atoms with Crippen LogP contribution in [0.5, 0.6) is 0 Å². The first-order chi connectivity index (χ1) is 8.40. The molecule has 0 saturated heterocycles. The Morgan fingerprint density at radius 1 is 1.33 bits per heavy atom. The van der Waals surface area contributed by atoms with Crippen LogP contribution >= 0.6 is 0 Å². The van der Waals surface area contributed by atoms with Crippen LogP contribution < -0.4 is 11.5 Å². The van der Waals surface area contributed by atoms with Gasteiger partial charge in [-0.15, -0.1) is 0 Å². The molecule has 1 unspecified atom stereocenters. The van der Waals surface area contributed by atoms with Crippen LogP contribution in [0.15, 0.2) is 0 Å². The van der Waals surface area contributed by atoms with E-state index >= 15 is 0 Å². The molecule has 7 heteroatoms. The molecule has 18 heavy (non-hydrogen) atoms. The van der Waals surface area contributed by atoms with Crippen molar-refractivity contribution >= 4 is 11.9 Å². The number of nitrogens with two attached hydrogens (primary N) is 2. The Bertz CT molecular complexity index is 270. The summed E-state index contributed by atoms with van der Waals surface area (Å²) in [5.74, 6) is -0.988. The molecule has 0 amide bonds. The summed E-state index contributed by atoms with van der Waals surface area (Å²) in [6.45, 7) is 2.92. The van der Waals surface area contributed by atoms with E-state index in [1.165, 1.54) is 0 Å². The molecular weight excluding hydrogens is 240 g/mol. The van der Waals surface area contributed by atoms with Gasteiger partial charge in [0.25, 0.3) is 0 Å². The van der Waals surface area contributed by atoms with E-state index in [1.54, 1.807) is 0 Å². The molecule has 0 saturated carbocycles. The van der Waals surface area contributed by atoms with E-state index in [0.29, 0.717) is 6.42 Å². The maximum Gasteiger partial charge on any atom is 0.323 e. The lowest BCUT2D eigenvalue weighted by Gasteiger charge is -2.19. The van der Waals surface area contributed by atoms with Gasteiger partial charge in [-0.1, -0.05) is 13.8 Å². The van der Waals surface area contributed by atoms with Gasteiger partial charge >= 0.3 is 11.9 Å². The van der Waals surface area contributed by atoms with Crippen molar-refractivity contribution in [1.29, 1.82) is 0 Å². The van der Waals surface area contributed by atoms with E-state index in [4.69, 9.17) is 21.3 Å². The summed E-state index contributed by atoms with van der Waals surface area (Å²) in [4.78, 5) is 22.3. The zero-order chi connectivity index (χ0) is 14.1. The summed E-state index contributed by atoms with van der Waals surface area (Å²) in [5, 5.41) is 8.98. The molecule has 0 aliphatic heterocycles. The van der Waals surface area contributed by atoms with E-state index < -0.39 is 30.7 Å². The molecule has 0 heterocycles. The molecule has 0 radical (unpaired) electrons. The fraction of sp³-hybridized carbons (Fsp3) is 0.818. The number of hydrogen-bond donors (Lipinski definition) is 3. The summed E-state index contributed by atoms with van der Waals surface area (Å²) >= 11 is 0. The Morgan fingerprint density at radius 3 is 2.39 bits per heavy atom. The van der Waals surface area contributed by atoms with Crippen molar-refractivity contribution in [3.05, 3.63) is 0 Å². The lowest BCUT2D eigenvalue weighted by Crippen LogP contribution is -2.39. The van der Waals surface area contributed by atoms with Gasteiger partial charge in [-0.25, -0.2) is 0 Å². The number of aliphatic hydroxyl groups is 1. The van der Waals surface area contributed by atoms with Gasteiger partial charge in [-0.05, 0) is 12.3 Å². The van der Waals surface area contributed by atoms with Gasteiger partial charge in [-0.3, -0.25) is 9.59 Å². The maximum absolute atomic E-state index is 11.5. The molecule has 106 valence electrons. The van der Waals surface area contributed by atoms with Crippen molar-refractivity contribution in [2.75, 3.05) is 19.8 Å². The van der Waals surface area contributed by atoms with Gasteiger partial charge in [0, 0.05) is 0 Å². The van der Waals surface area contributed by atoms with Crippen molar-refractivity contribution in [3.63, 3.8) is 0 Å². The molecule has 5 N–H and O–H groups in total. The van der Waals surface area contributed by atoms with Crippen molar-refractivity contribution in [1.82, 2.24) is 0 Å². The molecule has 0 rings (SSSR count). The molecule has 0 aromatic carbocycles. The van der Waals surface area contributed by atoms with E-state index in [1.807, 2.05) is 13.8 Å². The molecule has 0 fully saturated rings. The van der Waals surface area contributed by atoms with E-state index in [-0.39, 0.29) is 19.1 Å². The average Bonchev–Trinajstić information content (AvgIpc) is 2.32. The predicted molar refractivity (Wildman–Crippen MR) is 64.4 cm³/mol. The Balaban J connectivity index is 4.11. The largest absolute Gasteiger partial charge is 0.461 e. The number of hydrogen-bond acceptors (Lipinski definition) is 7. The van der Waals surface area contributed by atoms with Crippen LogP contribution in [-0.4, -0.2) is 48.9 Å². The highest BCUT2D eigenvalue weighted by atomic mass is 16.6. The molecule has 0 spiro atoms. The second kappa shape index (κ2) is 8.84. The van der Waals surface area contributed by atoms with Crippen molar-refractivity contribution in [2.45, 2.75) is 32.4 Å². The minimum atomic E-state index is -0.911. The van der Waals surface area contributed by atoms with E-state index in [0.717, 1.165) is 0 Å². The molecular formula is C11H22N2O5. The Labute approximate surface area is 106 Å². The van der Waals surface area contributed by atoms with Crippen molar-refractivity contribution in [3.8, 4) is 0 Å². The predicted octanol–water partition coefficient (Wildman–Crippen LogP) is -1.23. The monoisotopic (exact) mass is 262 g/mol. The van der Waals surface area contributed by atoms with Gasteiger partial charge in [0.1, 0.15) is 12.6 Å². The van der Waals surface area contributed by atoms with Crippen LogP contribution in [0.3, 0.4) is 0 Å². The molecule has 7 nitrogen and oxygen atoms in total.